The van der Waals surface area contributed by atoms with Gasteiger partial charge in [0.1, 0.15) is 0 Å². The molecule has 19 heavy (non-hydrogen) atoms. The van der Waals surface area contributed by atoms with Gasteiger partial charge >= 0.3 is 0 Å². The Bertz CT molecular complexity index is 421. The third-order valence-corrected chi connectivity index (χ3v) is 4.52. The lowest BCUT2D eigenvalue weighted by Crippen LogP contribution is -2.40. The van der Waals surface area contributed by atoms with Crippen LogP contribution < -0.4 is 0 Å². The van der Waals surface area contributed by atoms with Crippen molar-refractivity contribution >= 4 is 18.5 Å². The van der Waals surface area contributed by atoms with Crippen molar-refractivity contribution in [2.24, 2.45) is 5.92 Å². The minimum atomic E-state index is 0.228. The third kappa shape index (κ3) is 4.00. The van der Waals surface area contributed by atoms with Crippen LogP contribution in [0.25, 0.3) is 0 Å². The lowest BCUT2D eigenvalue weighted by atomic mass is 9.86. The molecule has 0 aromatic heterocycles. The van der Waals surface area contributed by atoms with Crippen molar-refractivity contribution in [1.29, 1.82) is 0 Å². The van der Waals surface area contributed by atoms with Crippen LogP contribution in [-0.2, 0) is 11.2 Å². The third-order valence-electron chi connectivity index (χ3n) is 4.22. The van der Waals surface area contributed by atoms with Gasteiger partial charge in [-0.1, -0.05) is 19.1 Å². The Labute approximate surface area is 121 Å². The summed E-state index contributed by atoms with van der Waals surface area (Å²) in [6, 6.07) is 8.28. The molecule has 1 fully saturated rings. The fourth-order valence-electron chi connectivity index (χ4n) is 2.75. The highest BCUT2D eigenvalue weighted by molar-refractivity contribution is 7.80. The fraction of sp³-hybridized carbons (Fsp3) is 0.562. The molecule has 3 heteroatoms. The molecule has 2 rings (SSSR count). The van der Waals surface area contributed by atoms with Crippen LogP contribution in [0.5, 0.6) is 0 Å². The molecular weight excluding hydrogens is 254 g/mol. The van der Waals surface area contributed by atoms with Gasteiger partial charge < -0.3 is 4.90 Å². The summed E-state index contributed by atoms with van der Waals surface area (Å²) in [5.74, 6) is 1.05. The van der Waals surface area contributed by atoms with Gasteiger partial charge in [-0.15, -0.1) is 12.6 Å². The number of thiol groups is 1. The van der Waals surface area contributed by atoms with Gasteiger partial charge in [0.2, 0.25) is 5.91 Å². The predicted molar refractivity (Wildman–Crippen MR) is 81.6 cm³/mol. The maximum atomic E-state index is 12.3. The molecule has 1 saturated carbocycles. The molecule has 104 valence electrons. The standard InChI is InChI=1S/C16H23NOS/c1-12-3-7-14(8-4-12)17(2)16(18)11-13-5-9-15(19)10-6-13/h5-6,9-10,12,14,19H,3-4,7-8,11H2,1-2H3. The van der Waals surface area contributed by atoms with Crippen LogP contribution in [0.4, 0.5) is 0 Å². The number of benzene rings is 1. The van der Waals surface area contributed by atoms with Crippen LogP contribution >= 0.6 is 12.6 Å². The summed E-state index contributed by atoms with van der Waals surface area (Å²) in [4.78, 5) is 15.2. The molecular formula is C16H23NOS. The van der Waals surface area contributed by atoms with E-state index in [2.05, 4.69) is 19.6 Å². The second-order valence-corrected chi connectivity index (χ2v) is 6.28. The van der Waals surface area contributed by atoms with Gasteiger partial charge in [0, 0.05) is 18.0 Å². The van der Waals surface area contributed by atoms with Gasteiger partial charge in [-0.3, -0.25) is 4.79 Å². The quantitative estimate of drug-likeness (QED) is 0.838. The number of likely N-dealkylation sites (N-methyl/N-ethyl adjacent to an activating group) is 1. The monoisotopic (exact) mass is 277 g/mol. The molecule has 0 spiro atoms. The van der Waals surface area contributed by atoms with E-state index >= 15 is 0 Å². The van der Waals surface area contributed by atoms with Crippen LogP contribution in [0.3, 0.4) is 0 Å². The Morgan fingerprint density at radius 2 is 1.79 bits per heavy atom. The van der Waals surface area contributed by atoms with Gasteiger partial charge in [0.25, 0.3) is 0 Å². The zero-order chi connectivity index (χ0) is 13.8. The number of nitrogens with zero attached hydrogens (tertiary/aromatic N) is 1. The first-order chi connectivity index (χ1) is 9.06. The van der Waals surface area contributed by atoms with Gasteiger partial charge in [-0.25, -0.2) is 0 Å². The lowest BCUT2D eigenvalue weighted by molar-refractivity contribution is -0.132. The number of carbonyl (C=O) groups excluding carboxylic acids is 1. The Morgan fingerprint density at radius 1 is 1.21 bits per heavy atom. The van der Waals surface area contributed by atoms with Crippen molar-refractivity contribution in [3.05, 3.63) is 29.8 Å². The second-order valence-electron chi connectivity index (χ2n) is 5.76. The molecule has 0 bridgehead atoms. The van der Waals surface area contributed by atoms with E-state index in [4.69, 9.17) is 0 Å². The lowest BCUT2D eigenvalue weighted by Gasteiger charge is -2.33. The molecule has 0 atom stereocenters. The molecule has 1 aliphatic carbocycles. The summed E-state index contributed by atoms with van der Waals surface area (Å²) in [6.45, 7) is 2.30. The van der Waals surface area contributed by atoms with E-state index in [0.29, 0.717) is 12.5 Å². The number of amides is 1. The second kappa shape index (κ2) is 6.47. The molecule has 0 N–H and O–H groups in total. The van der Waals surface area contributed by atoms with E-state index in [-0.39, 0.29) is 5.91 Å². The zero-order valence-corrected chi connectivity index (χ0v) is 12.7. The van der Waals surface area contributed by atoms with Crippen molar-refractivity contribution < 1.29 is 4.79 Å². The number of carbonyl (C=O) groups is 1. The molecule has 1 amide bonds. The molecule has 0 heterocycles. The van der Waals surface area contributed by atoms with Crippen LogP contribution in [0.1, 0.15) is 38.2 Å². The maximum Gasteiger partial charge on any atom is 0.226 e. The Kier molecular flexibility index (Phi) is 4.92. The zero-order valence-electron chi connectivity index (χ0n) is 11.8. The van der Waals surface area contributed by atoms with E-state index in [0.717, 1.165) is 29.2 Å². The smallest absolute Gasteiger partial charge is 0.226 e. The highest BCUT2D eigenvalue weighted by atomic mass is 32.1. The van der Waals surface area contributed by atoms with Gasteiger partial charge in [0.15, 0.2) is 0 Å². The number of hydrogen-bond donors (Lipinski definition) is 1. The number of rotatable bonds is 3. The summed E-state index contributed by atoms with van der Waals surface area (Å²) in [6.07, 6.45) is 5.29. The van der Waals surface area contributed by atoms with E-state index in [1.54, 1.807) is 0 Å². The Hall–Kier alpha value is -0.960. The first-order valence-electron chi connectivity index (χ1n) is 7.10. The number of hydrogen-bond acceptors (Lipinski definition) is 2. The van der Waals surface area contributed by atoms with E-state index in [1.165, 1.54) is 12.8 Å². The summed E-state index contributed by atoms with van der Waals surface area (Å²) in [7, 11) is 1.95. The summed E-state index contributed by atoms with van der Waals surface area (Å²) in [5.41, 5.74) is 1.07. The topological polar surface area (TPSA) is 20.3 Å². The van der Waals surface area contributed by atoms with E-state index < -0.39 is 0 Å². The van der Waals surface area contributed by atoms with Crippen molar-refractivity contribution in [1.82, 2.24) is 4.90 Å². The predicted octanol–water partition coefficient (Wildman–Crippen LogP) is 3.55. The first-order valence-corrected chi connectivity index (χ1v) is 7.54. The Balaban J connectivity index is 1.90. The molecule has 0 radical (unpaired) electrons. The van der Waals surface area contributed by atoms with Gasteiger partial charge in [-0.05, 0) is 49.3 Å². The molecule has 1 aromatic carbocycles. The maximum absolute atomic E-state index is 12.3. The largest absolute Gasteiger partial charge is 0.342 e. The fourth-order valence-corrected chi connectivity index (χ4v) is 2.90. The SMILES string of the molecule is CC1CCC(N(C)C(=O)Cc2ccc(S)cc2)CC1. The van der Waals surface area contributed by atoms with Crippen molar-refractivity contribution in [2.45, 2.75) is 50.0 Å². The molecule has 1 aliphatic rings. The van der Waals surface area contributed by atoms with Crippen molar-refractivity contribution in [2.75, 3.05) is 7.05 Å². The van der Waals surface area contributed by atoms with Crippen molar-refractivity contribution in [3.63, 3.8) is 0 Å². The molecule has 0 saturated heterocycles. The van der Waals surface area contributed by atoms with Crippen molar-refractivity contribution in [3.8, 4) is 0 Å². The van der Waals surface area contributed by atoms with Gasteiger partial charge in [0.05, 0.1) is 6.42 Å². The van der Waals surface area contributed by atoms with Gasteiger partial charge in [-0.2, -0.15) is 0 Å². The van der Waals surface area contributed by atoms with E-state index in [1.807, 2.05) is 36.2 Å². The Morgan fingerprint density at radius 3 is 2.37 bits per heavy atom. The summed E-state index contributed by atoms with van der Waals surface area (Å²) < 4.78 is 0. The van der Waals surface area contributed by atoms with Crippen LogP contribution in [0.2, 0.25) is 0 Å². The van der Waals surface area contributed by atoms with E-state index in [9.17, 15) is 4.79 Å². The highest BCUT2D eigenvalue weighted by Gasteiger charge is 2.24. The normalized spacial score (nSPS) is 23.1. The average molecular weight is 277 g/mol. The minimum absolute atomic E-state index is 0.228. The minimum Gasteiger partial charge on any atom is -0.342 e. The molecule has 1 aromatic rings. The first kappa shape index (κ1) is 14.4. The highest BCUT2D eigenvalue weighted by Crippen LogP contribution is 2.26. The van der Waals surface area contributed by atoms with Crippen LogP contribution in [-0.4, -0.2) is 23.9 Å². The summed E-state index contributed by atoms with van der Waals surface area (Å²) >= 11 is 4.26. The average Bonchev–Trinajstić information content (AvgIpc) is 2.41. The molecule has 0 unspecified atom stereocenters. The van der Waals surface area contributed by atoms with Crippen LogP contribution in [0, 0.1) is 5.92 Å². The molecule has 2 nitrogen and oxygen atoms in total. The van der Waals surface area contributed by atoms with Crippen LogP contribution in [0.15, 0.2) is 29.2 Å². The summed E-state index contributed by atoms with van der Waals surface area (Å²) in [5, 5.41) is 0. The molecule has 0 aliphatic heterocycles.